The second-order valence-corrected chi connectivity index (χ2v) is 11.9. The zero-order valence-corrected chi connectivity index (χ0v) is 25.7. The maximum absolute atomic E-state index is 14.0. The van der Waals surface area contributed by atoms with Gasteiger partial charge >= 0.3 is 12.0 Å². The Bertz CT molecular complexity index is 1790. The summed E-state index contributed by atoms with van der Waals surface area (Å²) in [6.07, 6.45) is 1.67. The second kappa shape index (κ2) is 13.1. The summed E-state index contributed by atoms with van der Waals surface area (Å²) >= 11 is 7.86. The summed E-state index contributed by atoms with van der Waals surface area (Å²) < 4.78 is 19.1. The number of nitriles is 1. The summed E-state index contributed by atoms with van der Waals surface area (Å²) in [6.45, 7) is 2.84. The molecule has 228 valence electrons. The molecule has 0 spiro atoms. The first-order valence-corrected chi connectivity index (χ1v) is 15.4. The number of nitrogens with zero attached hydrogens (tertiary/aromatic N) is 6. The van der Waals surface area contributed by atoms with Gasteiger partial charge in [-0.1, -0.05) is 29.5 Å². The largest absolute Gasteiger partial charge is 0.466 e. The van der Waals surface area contributed by atoms with Crippen molar-refractivity contribution >= 4 is 40.8 Å². The molecule has 0 bridgehead atoms. The molecule has 0 aliphatic carbocycles. The fourth-order valence-corrected chi connectivity index (χ4v) is 6.53. The summed E-state index contributed by atoms with van der Waals surface area (Å²) in [5, 5.41) is 14.9. The molecule has 3 aliphatic rings. The molecular weight excluding hydrogens is 617 g/mol. The van der Waals surface area contributed by atoms with Gasteiger partial charge in [-0.3, -0.25) is 9.89 Å². The van der Waals surface area contributed by atoms with E-state index in [1.165, 1.54) is 36.6 Å². The molecule has 2 amide bonds. The molecule has 13 heteroatoms. The van der Waals surface area contributed by atoms with Gasteiger partial charge in [-0.25, -0.2) is 19.0 Å². The van der Waals surface area contributed by atoms with Gasteiger partial charge in [0.15, 0.2) is 10.8 Å². The van der Waals surface area contributed by atoms with Crippen LogP contribution < -0.4 is 5.32 Å². The number of fused-ring (bicyclic) bond motifs is 1. The zero-order chi connectivity index (χ0) is 31.5. The van der Waals surface area contributed by atoms with Crippen LogP contribution in [0, 0.1) is 29.0 Å². The van der Waals surface area contributed by atoms with Crippen LogP contribution in [0.3, 0.4) is 0 Å². The Labute approximate surface area is 268 Å². The quantitative estimate of drug-likeness (QED) is 0.321. The van der Waals surface area contributed by atoms with E-state index in [4.69, 9.17) is 26.6 Å². The maximum Gasteiger partial charge on any atom is 0.338 e. The highest BCUT2D eigenvalue weighted by molar-refractivity contribution is 7.11. The van der Waals surface area contributed by atoms with Gasteiger partial charge in [-0.2, -0.15) is 5.26 Å². The van der Waals surface area contributed by atoms with Crippen LogP contribution in [0.2, 0.25) is 5.02 Å². The van der Waals surface area contributed by atoms with Crippen LogP contribution in [-0.2, 0) is 9.53 Å². The van der Waals surface area contributed by atoms with Crippen LogP contribution in [0.25, 0.3) is 0 Å². The highest BCUT2D eigenvalue weighted by atomic mass is 35.5. The Hall–Kier alpha value is -4.75. The predicted octanol–water partition coefficient (Wildman–Crippen LogP) is 3.80. The van der Waals surface area contributed by atoms with Crippen molar-refractivity contribution in [3.63, 3.8) is 0 Å². The number of amides is 2. The average molecular weight is 644 g/mol. The predicted molar refractivity (Wildman–Crippen MR) is 167 cm³/mol. The molecule has 2 fully saturated rings. The molecule has 2 saturated heterocycles. The van der Waals surface area contributed by atoms with Gasteiger partial charge < -0.3 is 19.9 Å². The fourth-order valence-electron chi connectivity index (χ4n) is 5.67. The number of ether oxygens (including phenoxy) is 1. The minimum Gasteiger partial charge on any atom is -0.466 e. The summed E-state index contributed by atoms with van der Waals surface area (Å²) in [4.78, 5) is 41.4. The first-order chi connectivity index (χ1) is 21.8. The van der Waals surface area contributed by atoms with Crippen molar-refractivity contribution in [3.8, 4) is 17.9 Å². The van der Waals surface area contributed by atoms with E-state index < -0.39 is 17.8 Å². The monoisotopic (exact) mass is 643 g/mol. The van der Waals surface area contributed by atoms with Crippen molar-refractivity contribution in [2.24, 2.45) is 4.99 Å². The third kappa shape index (κ3) is 6.40. The first kappa shape index (κ1) is 30.3. The maximum atomic E-state index is 14.0. The molecule has 3 aliphatic heterocycles. The van der Waals surface area contributed by atoms with Crippen LogP contribution in [0.4, 0.5) is 9.18 Å². The molecule has 0 saturated carbocycles. The smallest absolute Gasteiger partial charge is 0.338 e. The van der Waals surface area contributed by atoms with Gasteiger partial charge in [0.2, 0.25) is 0 Å². The minimum absolute atomic E-state index is 0.0526. The van der Waals surface area contributed by atoms with Gasteiger partial charge in [-0.05, 0) is 36.4 Å². The SMILES string of the molecule is COC(=O)C1=C(CN2CCN3C(=O)N(CC#Cc4ccc(C#N)cc4)CC3C2)NC(c2nccs2)=NC1c1ccc(F)cc1Cl. The number of amidine groups is 1. The Morgan fingerprint density at radius 2 is 2.00 bits per heavy atom. The Morgan fingerprint density at radius 1 is 1.20 bits per heavy atom. The Kier molecular flexibility index (Phi) is 8.80. The van der Waals surface area contributed by atoms with E-state index in [1.54, 1.807) is 35.4 Å². The van der Waals surface area contributed by atoms with E-state index in [9.17, 15) is 14.0 Å². The topological polar surface area (TPSA) is 114 Å². The van der Waals surface area contributed by atoms with Crippen molar-refractivity contribution < 1.29 is 18.7 Å². The van der Waals surface area contributed by atoms with E-state index in [0.29, 0.717) is 66.9 Å². The van der Waals surface area contributed by atoms with Gasteiger partial charge in [0.05, 0.1) is 36.9 Å². The average Bonchev–Trinajstić information content (AvgIpc) is 3.69. The lowest BCUT2D eigenvalue weighted by molar-refractivity contribution is -0.136. The first-order valence-electron chi connectivity index (χ1n) is 14.1. The number of piperazine rings is 1. The van der Waals surface area contributed by atoms with Gasteiger partial charge in [0.25, 0.3) is 0 Å². The number of rotatable bonds is 6. The number of nitrogens with one attached hydrogen (secondary N) is 1. The highest BCUT2D eigenvalue weighted by Crippen LogP contribution is 2.37. The number of aliphatic imine (C=N–C) groups is 1. The summed E-state index contributed by atoms with van der Waals surface area (Å²) in [5.41, 5.74) is 2.66. The van der Waals surface area contributed by atoms with E-state index in [1.807, 2.05) is 10.3 Å². The third-order valence-electron chi connectivity index (χ3n) is 7.84. The van der Waals surface area contributed by atoms with Crippen LogP contribution >= 0.6 is 22.9 Å². The molecule has 0 radical (unpaired) electrons. The number of urea groups is 1. The summed E-state index contributed by atoms with van der Waals surface area (Å²) in [7, 11) is 1.30. The molecule has 10 nitrogen and oxygen atoms in total. The van der Waals surface area contributed by atoms with Crippen LogP contribution in [0.1, 0.15) is 27.7 Å². The molecule has 1 N–H and O–H groups in total. The van der Waals surface area contributed by atoms with E-state index in [-0.39, 0.29) is 22.7 Å². The molecule has 3 aromatic rings. The number of carbonyl (C=O) groups is 2. The lowest BCUT2D eigenvalue weighted by atomic mass is 9.95. The van der Waals surface area contributed by atoms with Gasteiger partial charge in [0, 0.05) is 66.1 Å². The van der Waals surface area contributed by atoms with Crippen molar-refractivity contribution in [2.75, 3.05) is 46.4 Å². The number of benzene rings is 2. The molecule has 2 aromatic carbocycles. The lowest BCUT2D eigenvalue weighted by Gasteiger charge is -2.38. The zero-order valence-electron chi connectivity index (χ0n) is 24.2. The van der Waals surface area contributed by atoms with Crippen molar-refractivity contribution in [1.29, 1.82) is 5.26 Å². The second-order valence-electron chi connectivity index (χ2n) is 10.6. The molecule has 1 aromatic heterocycles. The number of esters is 1. The van der Waals surface area contributed by atoms with Crippen LogP contribution in [0.5, 0.6) is 0 Å². The number of halogens is 2. The normalized spacial score (nSPS) is 19.7. The molecule has 4 heterocycles. The number of hydrogen-bond donors (Lipinski definition) is 1. The van der Waals surface area contributed by atoms with Crippen molar-refractivity contribution in [1.82, 2.24) is 25.0 Å². The molecular formula is C32H27ClFN7O3S. The van der Waals surface area contributed by atoms with Crippen LogP contribution in [-0.4, -0.2) is 89.9 Å². The van der Waals surface area contributed by atoms with E-state index >= 15 is 0 Å². The van der Waals surface area contributed by atoms with Gasteiger partial charge in [-0.15, -0.1) is 11.3 Å². The Morgan fingerprint density at radius 3 is 2.71 bits per heavy atom. The van der Waals surface area contributed by atoms with E-state index in [0.717, 1.165) is 5.56 Å². The van der Waals surface area contributed by atoms with Crippen LogP contribution in [0.15, 0.2) is 70.3 Å². The molecule has 45 heavy (non-hydrogen) atoms. The number of aromatic nitrogens is 1. The summed E-state index contributed by atoms with van der Waals surface area (Å²) in [5.74, 6) is 5.54. The van der Waals surface area contributed by atoms with Crippen molar-refractivity contribution in [3.05, 3.63) is 97.8 Å². The minimum atomic E-state index is -0.847. The lowest BCUT2D eigenvalue weighted by Crippen LogP contribution is -2.53. The summed E-state index contributed by atoms with van der Waals surface area (Å²) in [6, 6.07) is 12.1. The number of carbonyl (C=O) groups excluding carboxylic acids is 2. The van der Waals surface area contributed by atoms with E-state index in [2.05, 4.69) is 33.1 Å². The number of methoxy groups -OCH3 is 1. The molecule has 2 atom stereocenters. The Balaban J connectivity index is 1.22. The molecule has 6 rings (SSSR count). The fraction of sp³-hybridized carbons (Fsp3) is 0.281. The van der Waals surface area contributed by atoms with Crippen molar-refractivity contribution in [2.45, 2.75) is 12.1 Å². The highest BCUT2D eigenvalue weighted by Gasteiger charge is 2.41. The number of hydrogen-bond acceptors (Lipinski definition) is 9. The third-order valence-corrected chi connectivity index (χ3v) is 8.94. The number of thiazole rings is 1. The standard InChI is InChI=1S/C32H27ClFN7O3S/c1-44-31(42)27-26(37-29(30-36-10-14-45-30)38-28(27)24-9-8-22(34)15-25(24)33)19-39-12-13-41-23(17-39)18-40(32(41)43)11-2-3-20-4-6-21(16-35)7-5-20/h4-10,14-15,23,28H,11-13,17-19H2,1H3,(H,37,38). The van der Waals surface area contributed by atoms with Gasteiger partial charge in [0.1, 0.15) is 11.9 Å². The molecule has 2 unspecified atom stereocenters.